The normalized spacial score (nSPS) is 12.2. The number of anilines is 1. The van der Waals surface area contributed by atoms with Gasteiger partial charge < -0.3 is 19.5 Å². The van der Waals surface area contributed by atoms with Crippen molar-refractivity contribution >= 4 is 11.7 Å². The summed E-state index contributed by atoms with van der Waals surface area (Å²) in [6, 6.07) is 5.20. The van der Waals surface area contributed by atoms with Crippen molar-refractivity contribution < 1.29 is 14.6 Å². The van der Waals surface area contributed by atoms with E-state index in [0.29, 0.717) is 12.2 Å². The van der Waals surface area contributed by atoms with E-state index >= 15 is 0 Å². The van der Waals surface area contributed by atoms with Crippen LogP contribution in [0.3, 0.4) is 0 Å². The SMILES string of the molecule is CCCCOC(C)c1cc(N(C)C)ccc1C(=O)[O-]. The van der Waals surface area contributed by atoms with Crippen LogP contribution >= 0.6 is 0 Å². The predicted octanol–water partition coefficient (Wildman–Crippen LogP) is 1.99. The molecule has 0 aliphatic rings. The number of carboxylic acids is 1. The minimum atomic E-state index is -1.16. The number of aromatic carboxylic acids is 1. The first-order chi connectivity index (χ1) is 8.97. The highest BCUT2D eigenvalue weighted by molar-refractivity contribution is 5.88. The van der Waals surface area contributed by atoms with Crippen molar-refractivity contribution in [2.45, 2.75) is 32.8 Å². The maximum Gasteiger partial charge on any atom is 0.0803 e. The summed E-state index contributed by atoms with van der Waals surface area (Å²) in [5.74, 6) is -1.16. The van der Waals surface area contributed by atoms with Gasteiger partial charge in [0.25, 0.3) is 0 Å². The number of rotatable bonds is 7. The van der Waals surface area contributed by atoms with Gasteiger partial charge in [0.2, 0.25) is 0 Å². The maximum atomic E-state index is 11.2. The van der Waals surface area contributed by atoms with Crippen LogP contribution in [0, 0.1) is 0 Å². The quantitative estimate of drug-likeness (QED) is 0.707. The van der Waals surface area contributed by atoms with Crippen molar-refractivity contribution in [2.75, 3.05) is 25.6 Å². The molecule has 0 saturated heterocycles. The fraction of sp³-hybridized carbons (Fsp3) is 0.533. The van der Waals surface area contributed by atoms with Crippen LogP contribution in [0.5, 0.6) is 0 Å². The summed E-state index contributed by atoms with van der Waals surface area (Å²) in [6.07, 6.45) is 1.77. The molecular weight excluding hydrogens is 242 g/mol. The van der Waals surface area contributed by atoms with E-state index in [9.17, 15) is 9.90 Å². The Morgan fingerprint density at radius 2 is 2.11 bits per heavy atom. The Kier molecular flexibility index (Phi) is 5.83. The van der Waals surface area contributed by atoms with Gasteiger partial charge in [0.1, 0.15) is 0 Å². The highest BCUT2D eigenvalue weighted by atomic mass is 16.5. The summed E-state index contributed by atoms with van der Waals surface area (Å²) >= 11 is 0. The summed E-state index contributed by atoms with van der Waals surface area (Å²) in [7, 11) is 3.83. The van der Waals surface area contributed by atoms with E-state index in [1.807, 2.05) is 32.0 Å². The number of ether oxygens (including phenoxy) is 1. The van der Waals surface area contributed by atoms with Crippen LogP contribution in [0.25, 0.3) is 0 Å². The summed E-state index contributed by atoms with van der Waals surface area (Å²) in [6.45, 7) is 4.60. The number of carboxylic acid groups (broad SMARTS) is 1. The molecule has 0 fully saturated rings. The molecule has 0 saturated carbocycles. The molecule has 1 atom stereocenters. The smallest absolute Gasteiger partial charge is 0.0803 e. The molecule has 106 valence electrons. The van der Waals surface area contributed by atoms with Crippen molar-refractivity contribution in [2.24, 2.45) is 0 Å². The predicted molar refractivity (Wildman–Crippen MR) is 74.4 cm³/mol. The third-order valence-electron chi connectivity index (χ3n) is 3.08. The number of unbranched alkanes of at least 4 members (excludes halogenated alkanes) is 1. The molecule has 0 amide bonds. The Morgan fingerprint density at radius 3 is 2.63 bits per heavy atom. The lowest BCUT2D eigenvalue weighted by Gasteiger charge is -2.21. The van der Waals surface area contributed by atoms with Gasteiger partial charge in [0.05, 0.1) is 12.1 Å². The first kappa shape index (κ1) is 15.5. The molecule has 1 aromatic rings. The molecule has 0 aliphatic carbocycles. The molecule has 1 rings (SSSR count). The van der Waals surface area contributed by atoms with Crippen LogP contribution in [0.4, 0.5) is 5.69 Å². The maximum absolute atomic E-state index is 11.2. The second kappa shape index (κ2) is 7.14. The zero-order chi connectivity index (χ0) is 14.4. The number of hydrogen-bond donors (Lipinski definition) is 0. The standard InChI is InChI=1S/C15H23NO3/c1-5-6-9-19-11(2)14-10-12(16(3)4)7-8-13(14)15(17)18/h7-8,10-11H,5-6,9H2,1-4H3,(H,17,18)/p-1. The van der Waals surface area contributed by atoms with Crippen molar-refractivity contribution in [3.8, 4) is 0 Å². The molecule has 0 aromatic heterocycles. The van der Waals surface area contributed by atoms with E-state index in [4.69, 9.17) is 4.74 Å². The van der Waals surface area contributed by atoms with E-state index in [0.717, 1.165) is 18.5 Å². The molecule has 0 heterocycles. The van der Waals surface area contributed by atoms with Gasteiger partial charge in [-0.15, -0.1) is 0 Å². The number of carbonyl (C=O) groups is 1. The number of benzene rings is 1. The fourth-order valence-corrected chi connectivity index (χ4v) is 1.84. The van der Waals surface area contributed by atoms with Crippen LogP contribution in [-0.4, -0.2) is 26.7 Å². The van der Waals surface area contributed by atoms with Gasteiger partial charge in [-0.1, -0.05) is 19.4 Å². The van der Waals surface area contributed by atoms with Crippen LogP contribution in [0.15, 0.2) is 18.2 Å². The minimum absolute atomic E-state index is 0.203. The minimum Gasteiger partial charge on any atom is -0.545 e. The molecule has 19 heavy (non-hydrogen) atoms. The lowest BCUT2D eigenvalue weighted by atomic mass is 10.0. The Labute approximate surface area is 115 Å². The van der Waals surface area contributed by atoms with Gasteiger partial charge in [-0.05, 0) is 31.0 Å². The van der Waals surface area contributed by atoms with E-state index in [2.05, 4.69) is 6.92 Å². The van der Waals surface area contributed by atoms with Crippen LogP contribution < -0.4 is 10.0 Å². The third-order valence-corrected chi connectivity index (χ3v) is 3.08. The largest absolute Gasteiger partial charge is 0.545 e. The average molecular weight is 264 g/mol. The monoisotopic (exact) mass is 264 g/mol. The molecule has 0 N–H and O–H groups in total. The topological polar surface area (TPSA) is 52.6 Å². The molecule has 0 radical (unpaired) electrons. The lowest BCUT2D eigenvalue weighted by Crippen LogP contribution is -2.25. The van der Waals surface area contributed by atoms with E-state index in [1.54, 1.807) is 12.1 Å². The van der Waals surface area contributed by atoms with E-state index in [1.165, 1.54) is 0 Å². The van der Waals surface area contributed by atoms with Crippen LogP contribution in [-0.2, 0) is 4.74 Å². The molecule has 4 heteroatoms. The second-order valence-corrected chi connectivity index (χ2v) is 4.82. The Bertz CT molecular complexity index is 429. The summed E-state index contributed by atoms with van der Waals surface area (Å²) < 4.78 is 5.68. The number of hydrogen-bond acceptors (Lipinski definition) is 4. The van der Waals surface area contributed by atoms with Gasteiger partial charge in [0, 0.05) is 32.0 Å². The molecule has 1 aromatic carbocycles. The molecule has 0 bridgehead atoms. The molecule has 4 nitrogen and oxygen atoms in total. The highest BCUT2D eigenvalue weighted by Crippen LogP contribution is 2.26. The first-order valence-electron chi connectivity index (χ1n) is 6.61. The highest BCUT2D eigenvalue weighted by Gasteiger charge is 2.13. The molecule has 1 unspecified atom stereocenters. The average Bonchev–Trinajstić information content (AvgIpc) is 2.37. The number of nitrogens with zero attached hydrogens (tertiary/aromatic N) is 1. The van der Waals surface area contributed by atoms with Gasteiger partial charge in [-0.3, -0.25) is 0 Å². The second-order valence-electron chi connectivity index (χ2n) is 4.82. The Hall–Kier alpha value is -1.55. The fourth-order valence-electron chi connectivity index (χ4n) is 1.84. The Morgan fingerprint density at radius 1 is 1.42 bits per heavy atom. The first-order valence-corrected chi connectivity index (χ1v) is 6.61. The van der Waals surface area contributed by atoms with Crippen molar-refractivity contribution in [1.82, 2.24) is 0 Å². The van der Waals surface area contributed by atoms with Crippen LogP contribution in [0.1, 0.15) is 48.7 Å². The summed E-state index contributed by atoms with van der Waals surface area (Å²) in [4.78, 5) is 13.1. The van der Waals surface area contributed by atoms with E-state index in [-0.39, 0.29) is 11.7 Å². The summed E-state index contributed by atoms with van der Waals surface area (Å²) in [5, 5.41) is 11.2. The Balaban J connectivity index is 2.99. The van der Waals surface area contributed by atoms with Crippen molar-refractivity contribution in [3.63, 3.8) is 0 Å². The third kappa shape index (κ3) is 4.24. The zero-order valence-corrected chi connectivity index (χ0v) is 12.1. The van der Waals surface area contributed by atoms with E-state index < -0.39 is 5.97 Å². The van der Waals surface area contributed by atoms with Crippen molar-refractivity contribution in [1.29, 1.82) is 0 Å². The number of carbonyl (C=O) groups excluding carboxylic acids is 1. The van der Waals surface area contributed by atoms with Crippen LogP contribution in [0.2, 0.25) is 0 Å². The molecular formula is C15H22NO3-. The molecule has 0 aliphatic heterocycles. The van der Waals surface area contributed by atoms with Gasteiger partial charge in [-0.2, -0.15) is 0 Å². The van der Waals surface area contributed by atoms with Crippen molar-refractivity contribution in [3.05, 3.63) is 29.3 Å². The zero-order valence-electron chi connectivity index (χ0n) is 12.1. The van der Waals surface area contributed by atoms with Gasteiger partial charge >= 0.3 is 0 Å². The van der Waals surface area contributed by atoms with Gasteiger partial charge in [-0.25, -0.2) is 0 Å². The summed E-state index contributed by atoms with van der Waals surface area (Å²) in [5.41, 5.74) is 1.82. The van der Waals surface area contributed by atoms with Gasteiger partial charge in [0.15, 0.2) is 0 Å². The molecule has 0 spiro atoms. The lowest BCUT2D eigenvalue weighted by molar-refractivity contribution is -0.255.